The molecule has 1 aliphatic rings. The molecular formula is C15H18F3NO2. The van der Waals surface area contributed by atoms with E-state index in [2.05, 4.69) is 9.72 Å². The molecule has 116 valence electrons. The summed E-state index contributed by atoms with van der Waals surface area (Å²) in [5.74, 6) is 0.174. The summed E-state index contributed by atoms with van der Waals surface area (Å²) in [4.78, 5) is 14.8. The highest BCUT2D eigenvalue weighted by Gasteiger charge is 2.32. The number of nitrogens with zero attached hydrogens (tertiary/aromatic N) is 1. The average molecular weight is 301 g/mol. The summed E-state index contributed by atoms with van der Waals surface area (Å²) < 4.78 is 42.1. The summed E-state index contributed by atoms with van der Waals surface area (Å²) in [6.45, 7) is 0. The van der Waals surface area contributed by atoms with Gasteiger partial charge in [-0.05, 0) is 42.7 Å². The number of hydrogen-bond donors (Lipinski definition) is 0. The molecule has 2 rings (SSSR count). The number of aromatic nitrogens is 1. The van der Waals surface area contributed by atoms with Gasteiger partial charge < -0.3 is 4.74 Å². The summed E-state index contributed by atoms with van der Waals surface area (Å²) >= 11 is 0. The maximum Gasteiger partial charge on any atom is 0.433 e. The van der Waals surface area contributed by atoms with E-state index in [0.717, 1.165) is 37.3 Å². The second kappa shape index (κ2) is 6.45. The molecule has 6 heteroatoms. The summed E-state index contributed by atoms with van der Waals surface area (Å²) in [5.41, 5.74) is -0.0502. The number of esters is 1. The van der Waals surface area contributed by atoms with Crippen LogP contribution in [0.3, 0.4) is 0 Å². The molecule has 0 saturated heterocycles. The first-order valence-electron chi connectivity index (χ1n) is 7.00. The molecule has 2 atom stereocenters. The molecule has 0 spiro atoms. The molecule has 0 radical (unpaired) electrons. The topological polar surface area (TPSA) is 39.2 Å². The quantitative estimate of drug-likeness (QED) is 0.794. The zero-order valence-electron chi connectivity index (χ0n) is 11.8. The van der Waals surface area contributed by atoms with Gasteiger partial charge in [-0.1, -0.05) is 12.5 Å². The molecule has 0 aromatic carbocycles. The minimum Gasteiger partial charge on any atom is -0.469 e. The van der Waals surface area contributed by atoms with Crippen LogP contribution in [0.1, 0.15) is 49.3 Å². The maximum atomic E-state index is 12.5. The Morgan fingerprint density at radius 3 is 2.71 bits per heavy atom. The van der Waals surface area contributed by atoms with Crippen LogP contribution in [0.15, 0.2) is 18.3 Å². The Kier molecular flexibility index (Phi) is 4.85. The lowest BCUT2D eigenvalue weighted by molar-refractivity contribution is -0.142. The van der Waals surface area contributed by atoms with E-state index < -0.39 is 11.9 Å². The van der Waals surface area contributed by atoms with E-state index >= 15 is 0 Å². The van der Waals surface area contributed by atoms with Crippen LogP contribution >= 0.6 is 0 Å². The number of alkyl halides is 3. The standard InChI is InChI=1S/C15H18F3NO2/c1-21-14(20)8-10-3-2-4-11(7-10)12-5-6-13(19-9-12)15(16,17)18/h5-6,9-11H,2-4,7-8H2,1H3. The minimum absolute atomic E-state index is 0.170. The lowest BCUT2D eigenvalue weighted by Gasteiger charge is -2.28. The highest BCUT2D eigenvalue weighted by atomic mass is 19.4. The van der Waals surface area contributed by atoms with E-state index in [-0.39, 0.29) is 17.8 Å². The van der Waals surface area contributed by atoms with E-state index in [1.165, 1.54) is 19.4 Å². The average Bonchev–Trinajstić information content (AvgIpc) is 2.46. The second-order valence-corrected chi connectivity index (χ2v) is 5.48. The lowest BCUT2D eigenvalue weighted by Crippen LogP contribution is -2.18. The van der Waals surface area contributed by atoms with Crippen molar-refractivity contribution < 1.29 is 22.7 Å². The molecule has 1 aliphatic carbocycles. The Bertz CT molecular complexity index is 485. The molecule has 21 heavy (non-hydrogen) atoms. The van der Waals surface area contributed by atoms with Crippen molar-refractivity contribution in [3.05, 3.63) is 29.6 Å². The Morgan fingerprint density at radius 1 is 1.38 bits per heavy atom. The van der Waals surface area contributed by atoms with Crippen molar-refractivity contribution in [2.75, 3.05) is 7.11 Å². The van der Waals surface area contributed by atoms with E-state index in [9.17, 15) is 18.0 Å². The number of ether oxygens (including phenoxy) is 1. The molecule has 3 nitrogen and oxygen atoms in total. The number of carbonyl (C=O) groups is 1. The Balaban J connectivity index is 2.02. The Hall–Kier alpha value is -1.59. The molecule has 1 fully saturated rings. The monoisotopic (exact) mass is 301 g/mol. The molecule has 1 aromatic heterocycles. The first-order chi connectivity index (χ1) is 9.90. The summed E-state index contributed by atoms with van der Waals surface area (Å²) in [6.07, 6.45) is 0.924. The first-order valence-corrected chi connectivity index (χ1v) is 7.00. The summed E-state index contributed by atoms with van der Waals surface area (Å²) in [6, 6.07) is 2.53. The fraction of sp³-hybridized carbons (Fsp3) is 0.600. The highest BCUT2D eigenvalue weighted by molar-refractivity contribution is 5.69. The third-order valence-electron chi connectivity index (χ3n) is 4.01. The molecule has 1 saturated carbocycles. The molecule has 0 bridgehead atoms. The normalized spacial score (nSPS) is 22.9. The van der Waals surface area contributed by atoms with Crippen LogP contribution in [0.2, 0.25) is 0 Å². The van der Waals surface area contributed by atoms with Crippen molar-refractivity contribution in [3.8, 4) is 0 Å². The van der Waals surface area contributed by atoms with Gasteiger partial charge in [0.25, 0.3) is 0 Å². The van der Waals surface area contributed by atoms with Gasteiger partial charge in [-0.2, -0.15) is 13.2 Å². The minimum atomic E-state index is -4.40. The number of pyridine rings is 1. The number of hydrogen-bond acceptors (Lipinski definition) is 3. The molecule has 1 heterocycles. The first kappa shape index (κ1) is 15.8. The Morgan fingerprint density at radius 2 is 2.14 bits per heavy atom. The van der Waals surface area contributed by atoms with Crippen molar-refractivity contribution >= 4 is 5.97 Å². The number of methoxy groups -OCH3 is 1. The Labute approximate surface area is 121 Å². The van der Waals surface area contributed by atoms with E-state index in [1.54, 1.807) is 0 Å². The second-order valence-electron chi connectivity index (χ2n) is 5.48. The van der Waals surface area contributed by atoms with Crippen LogP contribution < -0.4 is 0 Å². The van der Waals surface area contributed by atoms with E-state index in [4.69, 9.17) is 0 Å². The molecule has 0 amide bonds. The number of carbonyl (C=O) groups excluding carboxylic acids is 1. The van der Waals surface area contributed by atoms with Crippen LogP contribution in [0.25, 0.3) is 0 Å². The van der Waals surface area contributed by atoms with Crippen LogP contribution in [-0.2, 0) is 15.7 Å². The van der Waals surface area contributed by atoms with Crippen LogP contribution in [0.4, 0.5) is 13.2 Å². The third-order valence-corrected chi connectivity index (χ3v) is 4.01. The van der Waals surface area contributed by atoms with Gasteiger partial charge in [0.15, 0.2) is 0 Å². The van der Waals surface area contributed by atoms with Gasteiger partial charge in [0.1, 0.15) is 5.69 Å². The van der Waals surface area contributed by atoms with Crippen molar-refractivity contribution in [1.82, 2.24) is 4.98 Å². The van der Waals surface area contributed by atoms with Gasteiger partial charge in [-0.3, -0.25) is 9.78 Å². The molecule has 2 unspecified atom stereocenters. The van der Waals surface area contributed by atoms with E-state index in [0.29, 0.717) is 6.42 Å². The van der Waals surface area contributed by atoms with Gasteiger partial charge in [0.05, 0.1) is 7.11 Å². The van der Waals surface area contributed by atoms with Crippen molar-refractivity contribution in [3.63, 3.8) is 0 Å². The fourth-order valence-corrected chi connectivity index (χ4v) is 2.91. The van der Waals surface area contributed by atoms with E-state index in [1.807, 2.05) is 0 Å². The van der Waals surface area contributed by atoms with Crippen LogP contribution in [0, 0.1) is 5.92 Å². The van der Waals surface area contributed by atoms with Crippen LogP contribution in [0.5, 0.6) is 0 Å². The van der Waals surface area contributed by atoms with Gasteiger partial charge >= 0.3 is 12.1 Å². The van der Waals surface area contributed by atoms with Gasteiger partial charge in [-0.15, -0.1) is 0 Å². The summed E-state index contributed by atoms with van der Waals surface area (Å²) in [7, 11) is 1.36. The molecule has 0 N–H and O–H groups in total. The molecular weight excluding hydrogens is 283 g/mol. The van der Waals surface area contributed by atoms with Gasteiger partial charge in [-0.25, -0.2) is 0 Å². The van der Waals surface area contributed by atoms with Crippen molar-refractivity contribution in [2.45, 2.75) is 44.2 Å². The SMILES string of the molecule is COC(=O)CC1CCCC(c2ccc(C(F)(F)F)nc2)C1. The van der Waals surface area contributed by atoms with Crippen molar-refractivity contribution in [1.29, 1.82) is 0 Å². The molecule has 1 aromatic rings. The third kappa shape index (κ3) is 4.19. The zero-order valence-corrected chi connectivity index (χ0v) is 11.8. The summed E-state index contributed by atoms with van der Waals surface area (Å²) in [5, 5.41) is 0. The highest BCUT2D eigenvalue weighted by Crippen LogP contribution is 2.38. The number of halogens is 3. The van der Waals surface area contributed by atoms with Gasteiger partial charge in [0.2, 0.25) is 0 Å². The molecule has 0 aliphatic heterocycles. The largest absolute Gasteiger partial charge is 0.469 e. The predicted octanol–water partition coefficient (Wildman–Crippen LogP) is 3.94. The lowest BCUT2D eigenvalue weighted by atomic mass is 9.77. The smallest absolute Gasteiger partial charge is 0.433 e. The maximum absolute atomic E-state index is 12.5. The zero-order chi connectivity index (χ0) is 15.5. The van der Waals surface area contributed by atoms with Crippen molar-refractivity contribution in [2.24, 2.45) is 5.92 Å². The fourth-order valence-electron chi connectivity index (χ4n) is 2.91. The predicted molar refractivity (Wildman–Crippen MR) is 70.6 cm³/mol. The van der Waals surface area contributed by atoms with Crippen LogP contribution in [-0.4, -0.2) is 18.1 Å². The number of rotatable bonds is 3. The van der Waals surface area contributed by atoms with Gasteiger partial charge in [0, 0.05) is 12.6 Å².